The summed E-state index contributed by atoms with van der Waals surface area (Å²) in [6, 6.07) is 0. The van der Waals surface area contributed by atoms with E-state index >= 15 is 0 Å². The molecule has 1 unspecified atom stereocenters. The lowest BCUT2D eigenvalue weighted by atomic mass is 9.96. The van der Waals surface area contributed by atoms with Gasteiger partial charge in [-0.15, -0.1) is 0 Å². The van der Waals surface area contributed by atoms with Crippen LogP contribution in [-0.4, -0.2) is 16.3 Å². The third kappa shape index (κ3) is 1.39. The Morgan fingerprint density at radius 3 is 2.79 bits per heavy atom. The van der Waals surface area contributed by atoms with E-state index in [0.717, 1.165) is 12.8 Å². The van der Waals surface area contributed by atoms with Crippen molar-refractivity contribution in [2.75, 3.05) is 6.54 Å². The highest BCUT2D eigenvalue weighted by molar-refractivity contribution is 9.10. The highest BCUT2D eigenvalue weighted by Gasteiger charge is 2.49. The lowest BCUT2D eigenvalue weighted by molar-refractivity contribution is 0.130. The van der Waals surface area contributed by atoms with Crippen LogP contribution in [0.5, 0.6) is 0 Å². The van der Waals surface area contributed by atoms with Gasteiger partial charge in [0.2, 0.25) is 0 Å². The van der Waals surface area contributed by atoms with Crippen LogP contribution in [0.2, 0.25) is 0 Å². The van der Waals surface area contributed by atoms with Gasteiger partial charge in [-0.3, -0.25) is 4.68 Å². The maximum absolute atomic E-state index is 14.6. The van der Waals surface area contributed by atoms with Gasteiger partial charge in [-0.1, -0.05) is 0 Å². The molecule has 1 saturated carbocycles. The van der Waals surface area contributed by atoms with Crippen molar-refractivity contribution in [3.8, 4) is 0 Å². The molecule has 2 rings (SSSR count). The summed E-state index contributed by atoms with van der Waals surface area (Å²) < 4.78 is 16.9. The standard InChI is InChI=1S/C9H13BrFN3/c1-14-8(7(10)4-13-14)9(11,5-12)6-2-3-6/h4,6H,2-3,5,12H2,1H3. The second kappa shape index (κ2) is 3.31. The largest absolute Gasteiger partial charge is 0.327 e. The van der Waals surface area contributed by atoms with Crippen molar-refractivity contribution in [2.24, 2.45) is 18.7 Å². The van der Waals surface area contributed by atoms with Crippen molar-refractivity contribution >= 4 is 15.9 Å². The molecule has 0 spiro atoms. The van der Waals surface area contributed by atoms with Gasteiger partial charge in [-0.25, -0.2) is 4.39 Å². The lowest BCUT2D eigenvalue weighted by Gasteiger charge is -2.24. The van der Waals surface area contributed by atoms with Gasteiger partial charge in [-0.05, 0) is 28.8 Å². The van der Waals surface area contributed by atoms with Gasteiger partial charge in [0.25, 0.3) is 0 Å². The summed E-state index contributed by atoms with van der Waals surface area (Å²) in [6.45, 7) is 0.0236. The summed E-state index contributed by atoms with van der Waals surface area (Å²) in [7, 11) is 1.74. The first kappa shape index (κ1) is 10.1. The monoisotopic (exact) mass is 261 g/mol. The van der Waals surface area contributed by atoms with Crippen LogP contribution in [0, 0.1) is 5.92 Å². The number of alkyl halides is 1. The molecule has 0 radical (unpaired) electrons. The molecule has 1 heterocycles. The molecule has 78 valence electrons. The Hall–Kier alpha value is -0.420. The van der Waals surface area contributed by atoms with Gasteiger partial charge in [0.15, 0.2) is 5.67 Å². The van der Waals surface area contributed by atoms with E-state index in [4.69, 9.17) is 5.73 Å². The Balaban J connectivity index is 2.44. The molecule has 0 saturated heterocycles. The minimum atomic E-state index is -1.41. The van der Waals surface area contributed by atoms with E-state index in [2.05, 4.69) is 21.0 Å². The number of rotatable bonds is 3. The number of aromatic nitrogens is 2. The number of hydrogen-bond donors (Lipinski definition) is 1. The third-order valence-electron chi connectivity index (χ3n) is 2.81. The van der Waals surface area contributed by atoms with Crippen LogP contribution in [0.1, 0.15) is 18.5 Å². The Morgan fingerprint density at radius 1 is 1.79 bits per heavy atom. The van der Waals surface area contributed by atoms with Crippen molar-refractivity contribution in [3.05, 3.63) is 16.4 Å². The molecule has 2 N–H and O–H groups in total. The van der Waals surface area contributed by atoms with Crippen LogP contribution < -0.4 is 5.73 Å². The molecule has 1 aromatic rings. The highest BCUT2D eigenvalue weighted by Crippen LogP contribution is 2.49. The molecular formula is C9H13BrFN3. The summed E-state index contributed by atoms with van der Waals surface area (Å²) in [5.41, 5.74) is 4.70. The molecule has 1 aromatic heterocycles. The van der Waals surface area contributed by atoms with E-state index in [1.54, 1.807) is 17.9 Å². The van der Waals surface area contributed by atoms with Gasteiger partial charge in [-0.2, -0.15) is 5.10 Å². The number of aryl methyl sites for hydroxylation is 1. The van der Waals surface area contributed by atoms with Crippen molar-refractivity contribution in [1.29, 1.82) is 0 Å². The van der Waals surface area contributed by atoms with Crippen LogP contribution >= 0.6 is 15.9 Å². The van der Waals surface area contributed by atoms with Gasteiger partial charge in [0.05, 0.1) is 16.4 Å². The fraction of sp³-hybridized carbons (Fsp3) is 0.667. The predicted molar refractivity (Wildman–Crippen MR) is 55.5 cm³/mol. The first-order valence-electron chi connectivity index (χ1n) is 4.66. The Kier molecular flexibility index (Phi) is 2.39. The van der Waals surface area contributed by atoms with E-state index in [-0.39, 0.29) is 12.5 Å². The first-order chi connectivity index (χ1) is 6.59. The van der Waals surface area contributed by atoms with Gasteiger partial charge in [0, 0.05) is 19.5 Å². The molecule has 1 aliphatic rings. The van der Waals surface area contributed by atoms with Gasteiger partial charge in [0.1, 0.15) is 0 Å². The summed E-state index contributed by atoms with van der Waals surface area (Å²) in [5, 5.41) is 4.01. The Bertz CT molecular complexity index is 328. The van der Waals surface area contributed by atoms with E-state index in [9.17, 15) is 4.39 Å². The second-order valence-electron chi connectivity index (χ2n) is 3.81. The van der Waals surface area contributed by atoms with E-state index in [0.29, 0.717) is 10.2 Å². The summed E-state index contributed by atoms with van der Waals surface area (Å²) in [5.74, 6) is 0.0687. The zero-order valence-corrected chi connectivity index (χ0v) is 9.59. The molecule has 0 amide bonds. The van der Waals surface area contributed by atoms with Gasteiger partial charge < -0.3 is 5.73 Å². The second-order valence-corrected chi connectivity index (χ2v) is 4.66. The fourth-order valence-corrected chi connectivity index (χ4v) is 2.55. The quantitative estimate of drug-likeness (QED) is 0.901. The molecule has 0 bridgehead atoms. The maximum atomic E-state index is 14.6. The number of nitrogens with two attached hydrogens (primary N) is 1. The molecule has 14 heavy (non-hydrogen) atoms. The number of hydrogen-bond acceptors (Lipinski definition) is 2. The van der Waals surface area contributed by atoms with Crippen LogP contribution in [-0.2, 0) is 12.7 Å². The topological polar surface area (TPSA) is 43.8 Å². The van der Waals surface area contributed by atoms with Crippen molar-refractivity contribution in [2.45, 2.75) is 18.5 Å². The SMILES string of the molecule is Cn1ncc(Br)c1C(F)(CN)C1CC1. The third-order valence-corrected chi connectivity index (χ3v) is 3.39. The minimum Gasteiger partial charge on any atom is -0.327 e. The molecule has 1 fully saturated rings. The molecule has 1 atom stereocenters. The zero-order chi connectivity index (χ0) is 10.3. The molecule has 0 aliphatic heterocycles. The van der Waals surface area contributed by atoms with Crippen LogP contribution in [0.3, 0.4) is 0 Å². The lowest BCUT2D eigenvalue weighted by Crippen LogP contribution is -2.35. The fourth-order valence-electron chi connectivity index (χ4n) is 1.88. The molecular weight excluding hydrogens is 249 g/mol. The van der Waals surface area contributed by atoms with E-state index < -0.39 is 5.67 Å². The molecule has 5 heteroatoms. The smallest absolute Gasteiger partial charge is 0.168 e. The van der Waals surface area contributed by atoms with Crippen molar-refractivity contribution in [3.63, 3.8) is 0 Å². The number of nitrogens with zero attached hydrogens (tertiary/aromatic N) is 2. The zero-order valence-electron chi connectivity index (χ0n) is 8.00. The molecule has 0 aromatic carbocycles. The van der Waals surface area contributed by atoms with Crippen LogP contribution in [0.4, 0.5) is 4.39 Å². The van der Waals surface area contributed by atoms with Gasteiger partial charge >= 0.3 is 0 Å². The van der Waals surface area contributed by atoms with Crippen molar-refractivity contribution < 1.29 is 4.39 Å². The van der Waals surface area contributed by atoms with Crippen molar-refractivity contribution in [1.82, 2.24) is 9.78 Å². The van der Waals surface area contributed by atoms with Crippen LogP contribution in [0.15, 0.2) is 10.7 Å². The Morgan fingerprint density at radius 2 is 2.43 bits per heavy atom. The van der Waals surface area contributed by atoms with Crippen LogP contribution in [0.25, 0.3) is 0 Å². The first-order valence-corrected chi connectivity index (χ1v) is 5.46. The summed E-state index contributed by atoms with van der Waals surface area (Å²) in [4.78, 5) is 0. The predicted octanol–water partition coefficient (Wildman–Crippen LogP) is 1.72. The molecule has 3 nitrogen and oxygen atoms in total. The Labute approximate surface area is 90.6 Å². The maximum Gasteiger partial charge on any atom is 0.168 e. The average molecular weight is 262 g/mol. The molecule has 1 aliphatic carbocycles. The minimum absolute atomic E-state index is 0.0236. The normalized spacial score (nSPS) is 20.9. The van der Waals surface area contributed by atoms with E-state index in [1.165, 1.54) is 0 Å². The average Bonchev–Trinajstić information content (AvgIpc) is 2.94. The number of halogens is 2. The summed E-state index contributed by atoms with van der Waals surface area (Å²) in [6.07, 6.45) is 3.46. The summed E-state index contributed by atoms with van der Waals surface area (Å²) >= 11 is 3.31. The highest BCUT2D eigenvalue weighted by atomic mass is 79.9. The van der Waals surface area contributed by atoms with E-state index in [1.807, 2.05) is 0 Å².